The van der Waals surface area contributed by atoms with Crippen LogP contribution >= 0.6 is 0 Å². The van der Waals surface area contributed by atoms with Crippen LogP contribution in [0.5, 0.6) is 0 Å². The number of aliphatic hydroxyl groups is 1. The number of nitrogens with zero attached hydrogens (tertiary/aromatic N) is 1. The summed E-state index contributed by atoms with van der Waals surface area (Å²) in [6.45, 7) is 0.843. The molecule has 5 N–H and O–H groups in total. The molecule has 1 aliphatic carbocycles. The van der Waals surface area contributed by atoms with Crippen LogP contribution in [0.4, 0.5) is 0 Å². The van der Waals surface area contributed by atoms with Crippen LogP contribution in [0.3, 0.4) is 0 Å². The Bertz CT molecular complexity index is 436. The molecule has 5 heteroatoms. The van der Waals surface area contributed by atoms with Crippen LogP contribution in [0.2, 0.25) is 0 Å². The fraction of sp³-hybridized carbons (Fsp3) is 0.533. The van der Waals surface area contributed by atoms with E-state index in [2.05, 4.69) is 10.5 Å². The van der Waals surface area contributed by atoms with Gasteiger partial charge < -0.3 is 21.4 Å². The number of hydrogen-bond acceptors (Lipinski definition) is 4. The van der Waals surface area contributed by atoms with Gasteiger partial charge in [0.05, 0.1) is 6.10 Å². The molecule has 0 aromatic heterocycles. The SMILES string of the molecule is N/C(CC(NCC1CCC(O)C1)c1ccccc1)=N/O. The fourth-order valence-corrected chi connectivity index (χ4v) is 2.79. The molecule has 0 aliphatic heterocycles. The molecule has 1 aromatic carbocycles. The van der Waals surface area contributed by atoms with Gasteiger partial charge in [0.2, 0.25) is 0 Å². The van der Waals surface area contributed by atoms with E-state index in [-0.39, 0.29) is 18.0 Å². The fourth-order valence-electron chi connectivity index (χ4n) is 2.79. The Kier molecular flexibility index (Phi) is 5.38. The summed E-state index contributed by atoms with van der Waals surface area (Å²) in [5, 5.41) is 24.9. The average molecular weight is 277 g/mol. The number of hydrogen-bond donors (Lipinski definition) is 4. The summed E-state index contributed by atoms with van der Waals surface area (Å²) >= 11 is 0. The molecule has 2 rings (SSSR count). The van der Waals surface area contributed by atoms with Crippen molar-refractivity contribution < 1.29 is 10.3 Å². The van der Waals surface area contributed by atoms with E-state index in [1.54, 1.807) is 0 Å². The van der Waals surface area contributed by atoms with Gasteiger partial charge in [-0.3, -0.25) is 0 Å². The highest BCUT2D eigenvalue weighted by Crippen LogP contribution is 2.26. The quantitative estimate of drug-likeness (QED) is 0.275. The van der Waals surface area contributed by atoms with Crippen molar-refractivity contribution in [2.45, 2.75) is 37.8 Å². The molecular weight excluding hydrogens is 254 g/mol. The highest BCUT2D eigenvalue weighted by molar-refractivity contribution is 5.80. The van der Waals surface area contributed by atoms with Crippen LogP contribution in [-0.4, -0.2) is 28.8 Å². The number of aliphatic hydroxyl groups excluding tert-OH is 1. The molecule has 0 heterocycles. The van der Waals surface area contributed by atoms with Crippen molar-refractivity contribution in [1.29, 1.82) is 0 Å². The molecule has 0 saturated heterocycles. The molecule has 1 saturated carbocycles. The second-order valence-electron chi connectivity index (χ2n) is 5.50. The van der Waals surface area contributed by atoms with Gasteiger partial charge in [0.1, 0.15) is 5.84 Å². The summed E-state index contributed by atoms with van der Waals surface area (Å²) in [7, 11) is 0. The molecular formula is C15H23N3O2. The third kappa shape index (κ3) is 4.21. The third-order valence-corrected chi connectivity index (χ3v) is 3.91. The first-order valence-electron chi connectivity index (χ1n) is 7.12. The second-order valence-corrected chi connectivity index (χ2v) is 5.50. The minimum Gasteiger partial charge on any atom is -0.409 e. The van der Waals surface area contributed by atoms with Gasteiger partial charge in [0.15, 0.2) is 0 Å². The first kappa shape index (κ1) is 14.8. The van der Waals surface area contributed by atoms with Crippen molar-refractivity contribution in [3.8, 4) is 0 Å². The van der Waals surface area contributed by atoms with Gasteiger partial charge >= 0.3 is 0 Å². The first-order valence-corrected chi connectivity index (χ1v) is 7.12. The molecule has 3 atom stereocenters. The largest absolute Gasteiger partial charge is 0.409 e. The zero-order valence-electron chi connectivity index (χ0n) is 11.6. The van der Waals surface area contributed by atoms with Crippen LogP contribution < -0.4 is 11.1 Å². The standard InChI is InChI=1S/C15H23N3O2/c16-15(18-20)9-14(12-4-2-1-3-5-12)17-10-11-6-7-13(19)8-11/h1-5,11,13-14,17,19-20H,6-10H2,(H2,16,18). The summed E-state index contributed by atoms with van der Waals surface area (Å²) in [6.07, 6.45) is 3.12. The second kappa shape index (κ2) is 7.26. The van der Waals surface area contributed by atoms with Gasteiger partial charge in [-0.05, 0) is 37.3 Å². The van der Waals surface area contributed by atoms with E-state index >= 15 is 0 Å². The van der Waals surface area contributed by atoms with Crippen LogP contribution in [-0.2, 0) is 0 Å². The van der Waals surface area contributed by atoms with Crippen LogP contribution in [0.25, 0.3) is 0 Å². The molecule has 0 amide bonds. The van der Waals surface area contributed by atoms with Crippen LogP contribution in [0, 0.1) is 5.92 Å². The van der Waals surface area contributed by atoms with E-state index in [1.807, 2.05) is 30.3 Å². The molecule has 1 aliphatic rings. The molecule has 3 unspecified atom stereocenters. The lowest BCUT2D eigenvalue weighted by molar-refractivity contribution is 0.177. The Morgan fingerprint density at radius 1 is 1.35 bits per heavy atom. The normalized spacial score (nSPS) is 24.8. The molecule has 0 spiro atoms. The summed E-state index contributed by atoms with van der Waals surface area (Å²) in [6, 6.07) is 10.0. The maximum absolute atomic E-state index is 9.57. The third-order valence-electron chi connectivity index (χ3n) is 3.91. The highest BCUT2D eigenvalue weighted by Gasteiger charge is 2.23. The Labute approximate surface area is 119 Å². The lowest BCUT2D eigenvalue weighted by atomic mass is 10.0. The van der Waals surface area contributed by atoms with Crippen LogP contribution in [0.15, 0.2) is 35.5 Å². The van der Waals surface area contributed by atoms with Crippen molar-refractivity contribution in [3.05, 3.63) is 35.9 Å². The number of nitrogens with two attached hydrogens (primary N) is 1. The Balaban J connectivity index is 1.96. The van der Waals surface area contributed by atoms with E-state index in [0.717, 1.165) is 31.4 Å². The van der Waals surface area contributed by atoms with Crippen molar-refractivity contribution in [2.75, 3.05) is 6.54 Å². The van der Waals surface area contributed by atoms with Crippen molar-refractivity contribution in [3.63, 3.8) is 0 Å². The van der Waals surface area contributed by atoms with Gasteiger partial charge in [-0.1, -0.05) is 35.5 Å². The van der Waals surface area contributed by atoms with Crippen LogP contribution in [0.1, 0.15) is 37.3 Å². The van der Waals surface area contributed by atoms with E-state index in [4.69, 9.17) is 10.9 Å². The summed E-state index contributed by atoms with van der Waals surface area (Å²) in [5.41, 5.74) is 6.76. The van der Waals surface area contributed by atoms with Crippen molar-refractivity contribution in [1.82, 2.24) is 5.32 Å². The average Bonchev–Trinajstić information content (AvgIpc) is 2.89. The first-order chi connectivity index (χ1) is 9.69. The minimum atomic E-state index is -0.152. The number of nitrogens with one attached hydrogen (secondary N) is 1. The van der Waals surface area contributed by atoms with E-state index in [1.165, 1.54) is 0 Å². The summed E-state index contributed by atoms with van der Waals surface area (Å²) < 4.78 is 0. The maximum Gasteiger partial charge on any atom is 0.141 e. The zero-order valence-corrected chi connectivity index (χ0v) is 11.6. The smallest absolute Gasteiger partial charge is 0.141 e. The molecule has 20 heavy (non-hydrogen) atoms. The monoisotopic (exact) mass is 277 g/mol. The lowest BCUT2D eigenvalue weighted by Gasteiger charge is -2.21. The predicted molar refractivity (Wildman–Crippen MR) is 78.6 cm³/mol. The van der Waals surface area contributed by atoms with Gasteiger partial charge in [0, 0.05) is 12.5 Å². The van der Waals surface area contributed by atoms with Crippen molar-refractivity contribution >= 4 is 5.84 Å². The molecule has 0 bridgehead atoms. The van der Waals surface area contributed by atoms with Gasteiger partial charge in [-0.2, -0.15) is 0 Å². The van der Waals surface area contributed by atoms with Gasteiger partial charge in [-0.15, -0.1) is 0 Å². The molecule has 110 valence electrons. The van der Waals surface area contributed by atoms with E-state index < -0.39 is 0 Å². The Hall–Kier alpha value is -1.59. The molecule has 0 radical (unpaired) electrons. The minimum absolute atomic E-state index is 0.0323. The Morgan fingerprint density at radius 2 is 2.10 bits per heavy atom. The molecule has 1 aromatic rings. The van der Waals surface area contributed by atoms with E-state index in [0.29, 0.717) is 12.3 Å². The van der Waals surface area contributed by atoms with Gasteiger partial charge in [-0.25, -0.2) is 0 Å². The molecule has 1 fully saturated rings. The summed E-state index contributed by atoms with van der Waals surface area (Å²) in [5.74, 6) is 0.723. The number of oxime groups is 1. The van der Waals surface area contributed by atoms with Gasteiger partial charge in [0.25, 0.3) is 0 Å². The maximum atomic E-state index is 9.57. The highest BCUT2D eigenvalue weighted by atomic mass is 16.4. The topological polar surface area (TPSA) is 90.9 Å². The Morgan fingerprint density at radius 3 is 2.70 bits per heavy atom. The van der Waals surface area contributed by atoms with Crippen molar-refractivity contribution in [2.24, 2.45) is 16.8 Å². The number of rotatable bonds is 6. The zero-order chi connectivity index (χ0) is 14.4. The summed E-state index contributed by atoms with van der Waals surface area (Å²) in [4.78, 5) is 0. The van der Waals surface area contributed by atoms with E-state index in [9.17, 15) is 5.11 Å². The number of benzene rings is 1. The lowest BCUT2D eigenvalue weighted by Crippen LogP contribution is -2.30. The molecule has 5 nitrogen and oxygen atoms in total. The number of amidine groups is 1. The predicted octanol–water partition coefficient (Wildman–Crippen LogP) is 1.61.